The van der Waals surface area contributed by atoms with Gasteiger partial charge in [0.05, 0.1) is 12.5 Å². The van der Waals surface area contributed by atoms with Crippen molar-refractivity contribution in [2.75, 3.05) is 6.61 Å². The smallest absolute Gasteiger partial charge is 0.258 e. The Labute approximate surface area is 118 Å². The Morgan fingerprint density at radius 1 is 1.35 bits per heavy atom. The Morgan fingerprint density at radius 3 is 2.80 bits per heavy atom. The SMILES string of the molecule is CCOC(C)(C)c1noc(-c2ccccc2CC#N)n1. The monoisotopic (exact) mass is 271 g/mol. The number of nitriles is 1. The molecule has 104 valence electrons. The van der Waals surface area contributed by atoms with Crippen molar-refractivity contribution in [2.24, 2.45) is 0 Å². The summed E-state index contributed by atoms with van der Waals surface area (Å²) in [6, 6.07) is 9.66. The molecule has 2 aromatic rings. The molecule has 1 aromatic heterocycles. The molecule has 1 heterocycles. The second-order valence-electron chi connectivity index (χ2n) is 4.86. The van der Waals surface area contributed by atoms with Crippen LogP contribution in [-0.2, 0) is 16.8 Å². The van der Waals surface area contributed by atoms with Crippen LogP contribution in [0.3, 0.4) is 0 Å². The molecule has 2 rings (SSSR count). The number of rotatable bonds is 5. The predicted molar refractivity (Wildman–Crippen MR) is 73.7 cm³/mol. The minimum absolute atomic E-state index is 0.308. The summed E-state index contributed by atoms with van der Waals surface area (Å²) in [5.74, 6) is 0.916. The highest BCUT2D eigenvalue weighted by atomic mass is 16.5. The van der Waals surface area contributed by atoms with E-state index in [1.54, 1.807) is 0 Å². The fourth-order valence-electron chi connectivity index (χ4n) is 1.97. The number of hydrogen-bond donors (Lipinski definition) is 0. The van der Waals surface area contributed by atoms with Crippen LogP contribution in [0.15, 0.2) is 28.8 Å². The third kappa shape index (κ3) is 2.86. The average Bonchev–Trinajstić information content (AvgIpc) is 2.90. The molecule has 1 aromatic carbocycles. The van der Waals surface area contributed by atoms with E-state index in [2.05, 4.69) is 16.2 Å². The van der Waals surface area contributed by atoms with E-state index >= 15 is 0 Å². The van der Waals surface area contributed by atoms with E-state index in [-0.39, 0.29) is 0 Å². The molecule has 0 spiro atoms. The number of hydrogen-bond acceptors (Lipinski definition) is 5. The first kappa shape index (κ1) is 14.2. The summed E-state index contributed by atoms with van der Waals surface area (Å²) in [6.07, 6.45) is 0.308. The van der Waals surface area contributed by atoms with Crippen LogP contribution in [-0.4, -0.2) is 16.7 Å². The van der Waals surface area contributed by atoms with Gasteiger partial charge < -0.3 is 9.26 Å². The Balaban J connectivity index is 2.37. The molecule has 0 fully saturated rings. The Hall–Kier alpha value is -2.19. The molecule has 5 nitrogen and oxygen atoms in total. The van der Waals surface area contributed by atoms with Gasteiger partial charge in [0.25, 0.3) is 5.89 Å². The summed E-state index contributed by atoms with van der Waals surface area (Å²) in [6.45, 7) is 6.28. The van der Waals surface area contributed by atoms with E-state index in [1.165, 1.54) is 0 Å². The lowest BCUT2D eigenvalue weighted by Gasteiger charge is -2.19. The molecule has 0 aliphatic rings. The van der Waals surface area contributed by atoms with Gasteiger partial charge in [-0.15, -0.1) is 0 Å². The predicted octanol–water partition coefficient (Wildman–Crippen LogP) is 3.07. The van der Waals surface area contributed by atoms with Crippen molar-refractivity contribution >= 4 is 0 Å². The number of nitrogens with zero attached hydrogens (tertiary/aromatic N) is 3. The molecule has 0 saturated carbocycles. The summed E-state index contributed by atoms with van der Waals surface area (Å²) in [5, 5.41) is 12.8. The van der Waals surface area contributed by atoms with Crippen molar-refractivity contribution in [1.29, 1.82) is 5.26 Å². The highest BCUT2D eigenvalue weighted by Crippen LogP contribution is 2.27. The third-order valence-electron chi connectivity index (χ3n) is 2.99. The Kier molecular flexibility index (Phi) is 4.16. The van der Waals surface area contributed by atoms with Crippen LogP contribution in [0.2, 0.25) is 0 Å². The lowest BCUT2D eigenvalue weighted by atomic mass is 10.1. The van der Waals surface area contributed by atoms with Gasteiger partial charge in [-0.1, -0.05) is 23.4 Å². The summed E-state index contributed by atoms with van der Waals surface area (Å²) < 4.78 is 10.9. The maximum absolute atomic E-state index is 8.86. The van der Waals surface area contributed by atoms with Crippen molar-refractivity contribution < 1.29 is 9.26 Å². The molecular weight excluding hydrogens is 254 g/mol. The number of aromatic nitrogens is 2. The molecule has 0 saturated heterocycles. The van der Waals surface area contributed by atoms with Gasteiger partial charge >= 0.3 is 0 Å². The van der Waals surface area contributed by atoms with Crippen LogP contribution in [0.5, 0.6) is 0 Å². The second kappa shape index (κ2) is 5.85. The van der Waals surface area contributed by atoms with Crippen molar-refractivity contribution in [3.8, 4) is 17.5 Å². The van der Waals surface area contributed by atoms with Crippen LogP contribution in [0, 0.1) is 11.3 Å². The minimum atomic E-state index is -0.597. The summed E-state index contributed by atoms with van der Waals surface area (Å²) in [7, 11) is 0. The molecular formula is C15H17N3O2. The first-order valence-corrected chi connectivity index (χ1v) is 6.52. The van der Waals surface area contributed by atoms with E-state index in [0.29, 0.717) is 24.7 Å². The summed E-state index contributed by atoms with van der Waals surface area (Å²) in [5.41, 5.74) is 1.07. The van der Waals surface area contributed by atoms with Crippen LogP contribution < -0.4 is 0 Å². The maximum atomic E-state index is 8.86. The van der Waals surface area contributed by atoms with E-state index in [9.17, 15) is 0 Å². The average molecular weight is 271 g/mol. The third-order valence-corrected chi connectivity index (χ3v) is 2.99. The summed E-state index contributed by atoms with van der Waals surface area (Å²) in [4.78, 5) is 4.40. The molecule has 0 N–H and O–H groups in total. The zero-order chi connectivity index (χ0) is 14.6. The highest BCUT2D eigenvalue weighted by molar-refractivity contribution is 5.59. The highest BCUT2D eigenvalue weighted by Gasteiger charge is 2.27. The normalized spacial score (nSPS) is 11.3. The van der Waals surface area contributed by atoms with Crippen molar-refractivity contribution in [3.05, 3.63) is 35.7 Å². The first-order valence-electron chi connectivity index (χ1n) is 6.52. The fraction of sp³-hybridized carbons (Fsp3) is 0.400. The Morgan fingerprint density at radius 2 is 2.10 bits per heavy atom. The van der Waals surface area contributed by atoms with Gasteiger partial charge in [0, 0.05) is 12.2 Å². The largest absolute Gasteiger partial charge is 0.368 e. The molecule has 5 heteroatoms. The second-order valence-corrected chi connectivity index (χ2v) is 4.86. The van der Waals surface area contributed by atoms with Gasteiger partial charge in [0.2, 0.25) is 5.82 Å². The van der Waals surface area contributed by atoms with Crippen LogP contribution in [0.4, 0.5) is 0 Å². The lowest BCUT2D eigenvalue weighted by molar-refractivity contribution is -0.0221. The molecule has 0 amide bonds. The van der Waals surface area contributed by atoms with Crippen molar-refractivity contribution in [1.82, 2.24) is 10.1 Å². The van der Waals surface area contributed by atoms with Gasteiger partial charge in [0.1, 0.15) is 5.60 Å². The van der Waals surface area contributed by atoms with Gasteiger partial charge in [-0.05, 0) is 32.4 Å². The van der Waals surface area contributed by atoms with E-state index in [1.807, 2.05) is 45.0 Å². The molecule has 0 radical (unpaired) electrons. The number of benzene rings is 1. The van der Waals surface area contributed by atoms with Gasteiger partial charge in [-0.3, -0.25) is 0 Å². The van der Waals surface area contributed by atoms with Crippen LogP contribution in [0.25, 0.3) is 11.5 Å². The van der Waals surface area contributed by atoms with E-state index in [0.717, 1.165) is 11.1 Å². The molecule has 0 bridgehead atoms. The van der Waals surface area contributed by atoms with Crippen molar-refractivity contribution in [3.63, 3.8) is 0 Å². The molecule has 0 atom stereocenters. The first-order chi connectivity index (χ1) is 9.58. The van der Waals surface area contributed by atoms with Gasteiger partial charge in [0.15, 0.2) is 0 Å². The zero-order valence-corrected chi connectivity index (χ0v) is 11.9. The van der Waals surface area contributed by atoms with Crippen LogP contribution in [0.1, 0.15) is 32.2 Å². The fourth-order valence-corrected chi connectivity index (χ4v) is 1.97. The minimum Gasteiger partial charge on any atom is -0.368 e. The van der Waals surface area contributed by atoms with Crippen LogP contribution >= 0.6 is 0 Å². The number of ether oxygens (including phenoxy) is 1. The molecule has 20 heavy (non-hydrogen) atoms. The van der Waals surface area contributed by atoms with E-state index in [4.69, 9.17) is 14.5 Å². The Bertz CT molecular complexity index is 626. The lowest BCUT2D eigenvalue weighted by Crippen LogP contribution is -2.23. The molecule has 0 aliphatic heterocycles. The molecule has 0 unspecified atom stereocenters. The van der Waals surface area contributed by atoms with Crippen molar-refractivity contribution in [2.45, 2.75) is 32.8 Å². The maximum Gasteiger partial charge on any atom is 0.258 e. The van der Waals surface area contributed by atoms with E-state index < -0.39 is 5.60 Å². The van der Waals surface area contributed by atoms with Gasteiger partial charge in [-0.2, -0.15) is 10.2 Å². The molecule has 0 aliphatic carbocycles. The van der Waals surface area contributed by atoms with Gasteiger partial charge in [-0.25, -0.2) is 0 Å². The zero-order valence-electron chi connectivity index (χ0n) is 11.9. The topological polar surface area (TPSA) is 71.9 Å². The standard InChI is InChI=1S/C15H17N3O2/c1-4-19-15(2,3)14-17-13(20-18-14)12-8-6-5-7-11(12)9-10-16/h5-8H,4,9H2,1-3H3. The quantitative estimate of drug-likeness (QED) is 0.835. The summed E-state index contributed by atoms with van der Waals surface area (Å²) >= 11 is 0.